The fourth-order valence-electron chi connectivity index (χ4n) is 3.91. The Morgan fingerprint density at radius 2 is 1.93 bits per heavy atom. The summed E-state index contributed by atoms with van der Waals surface area (Å²) in [5, 5.41) is 10.1. The second kappa shape index (κ2) is 2.85. The average Bonchev–Trinajstić information content (AvgIpc) is 2.22. The Labute approximate surface area is 87.2 Å². The van der Waals surface area contributed by atoms with Gasteiger partial charge in [-0.1, -0.05) is 38.8 Å². The Hall–Kier alpha value is -0.300. The molecule has 0 saturated heterocycles. The van der Waals surface area contributed by atoms with Gasteiger partial charge in [-0.05, 0) is 30.6 Å². The predicted octanol–water partition coefficient (Wildman–Crippen LogP) is 3.14. The van der Waals surface area contributed by atoms with Crippen molar-refractivity contribution in [1.82, 2.24) is 0 Å². The van der Waals surface area contributed by atoms with Crippen molar-refractivity contribution in [3.63, 3.8) is 0 Å². The van der Waals surface area contributed by atoms with Gasteiger partial charge in [0, 0.05) is 5.92 Å². The third kappa shape index (κ3) is 1.18. The molecule has 0 heterocycles. The highest BCUT2D eigenvalue weighted by atomic mass is 16.3. The number of aliphatic hydroxyl groups is 1. The summed E-state index contributed by atoms with van der Waals surface area (Å²) >= 11 is 0. The molecule has 2 aliphatic carbocycles. The van der Waals surface area contributed by atoms with E-state index in [4.69, 9.17) is 0 Å². The lowest BCUT2D eigenvalue weighted by atomic mass is 9.56. The molecule has 0 aromatic rings. The lowest BCUT2D eigenvalue weighted by Gasteiger charge is -2.49. The van der Waals surface area contributed by atoms with Crippen molar-refractivity contribution in [2.24, 2.45) is 16.7 Å². The first-order chi connectivity index (χ1) is 6.38. The third-order valence-electron chi connectivity index (χ3n) is 4.71. The molecule has 0 aromatic carbocycles. The van der Waals surface area contributed by atoms with Crippen LogP contribution in [0, 0.1) is 16.7 Å². The van der Waals surface area contributed by atoms with Crippen LogP contribution in [0.1, 0.15) is 47.0 Å². The maximum atomic E-state index is 10.1. The van der Waals surface area contributed by atoms with E-state index in [0.29, 0.717) is 11.3 Å². The summed E-state index contributed by atoms with van der Waals surface area (Å²) < 4.78 is 0. The molecule has 1 heteroatoms. The van der Waals surface area contributed by atoms with E-state index < -0.39 is 0 Å². The molecule has 0 amide bonds. The Balaban J connectivity index is 2.40. The van der Waals surface area contributed by atoms with Crippen molar-refractivity contribution in [3.8, 4) is 0 Å². The molecule has 1 saturated carbocycles. The molecule has 0 radical (unpaired) electrons. The van der Waals surface area contributed by atoms with Gasteiger partial charge in [-0.25, -0.2) is 0 Å². The zero-order valence-electron chi connectivity index (χ0n) is 9.80. The zero-order valence-corrected chi connectivity index (χ0v) is 9.80. The van der Waals surface area contributed by atoms with Gasteiger partial charge in [-0.15, -0.1) is 0 Å². The molecule has 3 atom stereocenters. The third-order valence-corrected chi connectivity index (χ3v) is 4.71. The molecule has 0 spiro atoms. The molecule has 2 rings (SSSR count). The summed E-state index contributed by atoms with van der Waals surface area (Å²) in [5.41, 5.74) is 1.96. The molecule has 2 aliphatic rings. The van der Waals surface area contributed by atoms with Gasteiger partial charge >= 0.3 is 0 Å². The summed E-state index contributed by atoms with van der Waals surface area (Å²) in [5.74, 6) is 0.434. The van der Waals surface area contributed by atoms with Gasteiger partial charge in [0.15, 0.2) is 0 Å². The first kappa shape index (κ1) is 10.2. The Morgan fingerprint density at radius 3 is 2.50 bits per heavy atom. The highest BCUT2D eigenvalue weighted by Gasteiger charge is 2.53. The van der Waals surface area contributed by atoms with Crippen molar-refractivity contribution in [3.05, 3.63) is 11.6 Å². The van der Waals surface area contributed by atoms with E-state index in [-0.39, 0.29) is 11.5 Å². The lowest BCUT2D eigenvalue weighted by Crippen LogP contribution is -2.44. The fraction of sp³-hybridized carbons (Fsp3) is 0.846. The van der Waals surface area contributed by atoms with Crippen LogP contribution in [0.4, 0.5) is 0 Å². The van der Waals surface area contributed by atoms with Crippen molar-refractivity contribution < 1.29 is 5.11 Å². The van der Waals surface area contributed by atoms with Gasteiger partial charge in [0.25, 0.3) is 0 Å². The van der Waals surface area contributed by atoms with Crippen LogP contribution in [0.25, 0.3) is 0 Å². The van der Waals surface area contributed by atoms with Crippen LogP contribution in [-0.4, -0.2) is 11.2 Å². The second-order valence-corrected chi connectivity index (χ2v) is 6.08. The number of rotatable bonds is 0. The number of aliphatic hydroxyl groups excluding tert-OH is 1. The molecule has 1 N–H and O–H groups in total. The van der Waals surface area contributed by atoms with Gasteiger partial charge in [-0.2, -0.15) is 0 Å². The fourth-order valence-corrected chi connectivity index (χ4v) is 3.91. The van der Waals surface area contributed by atoms with Crippen molar-refractivity contribution in [1.29, 1.82) is 0 Å². The molecule has 1 nitrogen and oxygen atoms in total. The summed E-state index contributed by atoms with van der Waals surface area (Å²) in [6, 6.07) is 0. The molecule has 0 bridgehead atoms. The summed E-state index contributed by atoms with van der Waals surface area (Å²) in [6.45, 7) is 9.14. The van der Waals surface area contributed by atoms with Gasteiger partial charge in [0.2, 0.25) is 0 Å². The van der Waals surface area contributed by atoms with Crippen LogP contribution < -0.4 is 0 Å². The van der Waals surface area contributed by atoms with Gasteiger partial charge in [-0.3, -0.25) is 0 Å². The summed E-state index contributed by atoms with van der Waals surface area (Å²) in [4.78, 5) is 0. The van der Waals surface area contributed by atoms with Crippen LogP contribution in [0.15, 0.2) is 11.6 Å². The maximum Gasteiger partial charge on any atom is 0.0765 e. The summed E-state index contributed by atoms with van der Waals surface area (Å²) in [6.07, 6.45) is 5.68. The van der Waals surface area contributed by atoms with Crippen LogP contribution in [-0.2, 0) is 0 Å². The number of hydrogen-bond donors (Lipinski definition) is 1. The molecule has 80 valence electrons. The number of allylic oxidation sites excluding steroid dienone is 1. The summed E-state index contributed by atoms with van der Waals surface area (Å²) in [7, 11) is 0. The average molecular weight is 194 g/mol. The Kier molecular flexibility index (Phi) is 2.08. The minimum Gasteiger partial charge on any atom is -0.389 e. The van der Waals surface area contributed by atoms with Crippen LogP contribution in [0.3, 0.4) is 0 Å². The highest BCUT2D eigenvalue weighted by molar-refractivity contribution is 5.26. The monoisotopic (exact) mass is 194 g/mol. The molecular weight excluding hydrogens is 172 g/mol. The Morgan fingerprint density at radius 1 is 1.29 bits per heavy atom. The SMILES string of the molecule is CC1=CC(O)[C@H]2C(C)(C)CCCC12C. The zero-order chi connectivity index (χ0) is 10.6. The normalized spacial score (nSPS) is 45.9. The van der Waals surface area contributed by atoms with Gasteiger partial charge in [0.05, 0.1) is 6.10 Å². The topological polar surface area (TPSA) is 20.2 Å². The minimum atomic E-state index is -0.213. The molecule has 0 aliphatic heterocycles. The van der Waals surface area contributed by atoms with Crippen LogP contribution in [0.2, 0.25) is 0 Å². The van der Waals surface area contributed by atoms with E-state index in [1.807, 2.05) is 0 Å². The van der Waals surface area contributed by atoms with Crippen molar-refractivity contribution in [2.75, 3.05) is 0 Å². The quantitative estimate of drug-likeness (QED) is 0.587. The molecule has 1 fully saturated rings. The largest absolute Gasteiger partial charge is 0.389 e. The smallest absolute Gasteiger partial charge is 0.0765 e. The molecule has 2 unspecified atom stereocenters. The Bertz CT molecular complexity index is 277. The standard InChI is InChI=1S/C13H22O/c1-9-8-10(14)11-12(2,3)6-5-7-13(9,11)4/h8,10-11,14H,5-7H2,1-4H3/t10?,11-,13?/m0/s1. The molecular formula is C13H22O. The minimum absolute atomic E-state index is 0.213. The first-order valence-corrected chi connectivity index (χ1v) is 5.75. The van der Waals surface area contributed by atoms with Gasteiger partial charge < -0.3 is 5.11 Å². The van der Waals surface area contributed by atoms with Crippen LogP contribution >= 0.6 is 0 Å². The van der Waals surface area contributed by atoms with E-state index in [0.717, 1.165) is 0 Å². The van der Waals surface area contributed by atoms with Crippen molar-refractivity contribution in [2.45, 2.75) is 53.1 Å². The maximum absolute atomic E-state index is 10.1. The second-order valence-electron chi connectivity index (χ2n) is 6.08. The van der Waals surface area contributed by atoms with E-state index in [1.165, 1.54) is 24.8 Å². The van der Waals surface area contributed by atoms with E-state index in [9.17, 15) is 5.11 Å². The molecule has 14 heavy (non-hydrogen) atoms. The number of fused-ring (bicyclic) bond motifs is 1. The van der Waals surface area contributed by atoms with Gasteiger partial charge in [0.1, 0.15) is 0 Å². The van der Waals surface area contributed by atoms with E-state index >= 15 is 0 Å². The van der Waals surface area contributed by atoms with Crippen LogP contribution in [0.5, 0.6) is 0 Å². The van der Waals surface area contributed by atoms with E-state index in [2.05, 4.69) is 33.8 Å². The first-order valence-electron chi connectivity index (χ1n) is 5.75. The van der Waals surface area contributed by atoms with Crippen molar-refractivity contribution >= 4 is 0 Å². The van der Waals surface area contributed by atoms with E-state index in [1.54, 1.807) is 0 Å². The number of hydrogen-bond acceptors (Lipinski definition) is 1. The lowest BCUT2D eigenvalue weighted by molar-refractivity contribution is -0.0273. The molecule has 0 aromatic heterocycles. The highest BCUT2D eigenvalue weighted by Crippen LogP contribution is 2.59. The predicted molar refractivity (Wildman–Crippen MR) is 59.0 cm³/mol.